The largest absolute Gasteiger partial charge is 0.487 e. The van der Waals surface area contributed by atoms with Crippen molar-refractivity contribution in [3.8, 4) is 5.75 Å². The van der Waals surface area contributed by atoms with Crippen LogP contribution in [0.4, 0.5) is 0 Å². The van der Waals surface area contributed by atoms with Crippen LogP contribution in [-0.4, -0.2) is 10.7 Å². The van der Waals surface area contributed by atoms with Gasteiger partial charge in [-0.15, -0.1) is 0 Å². The standard InChI is InChI=1S/C14H17BrO2/c1-14(7-9-2-3-9)8-12(16)11-5-4-10(15)6-13(11)17-14/h4-6,9,12,16H,2-3,7-8H2,1H3/t12-,14?/m0/s1. The van der Waals surface area contributed by atoms with Crippen molar-refractivity contribution in [1.29, 1.82) is 0 Å². The molecule has 2 atom stereocenters. The molecule has 1 heterocycles. The summed E-state index contributed by atoms with van der Waals surface area (Å²) in [6.45, 7) is 2.12. The minimum absolute atomic E-state index is 0.200. The van der Waals surface area contributed by atoms with E-state index >= 15 is 0 Å². The number of ether oxygens (including phenoxy) is 1. The van der Waals surface area contributed by atoms with Crippen LogP contribution in [0.15, 0.2) is 22.7 Å². The number of rotatable bonds is 2. The first-order valence-electron chi connectivity index (χ1n) is 6.22. The minimum atomic E-state index is -0.393. The summed E-state index contributed by atoms with van der Waals surface area (Å²) in [5.74, 6) is 1.64. The number of aliphatic hydroxyl groups is 1. The highest BCUT2D eigenvalue weighted by atomic mass is 79.9. The molecule has 92 valence electrons. The average Bonchev–Trinajstić information content (AvgIpc) is 2.99. The molecule has 0 amide bonds. The molecule has 1 fully saturated rings. The lowest BCUT2D eigenvalue weighted by Crippen LogP contribution is -2.38. The van der Waals surface area contributed by atoms with E-state index in [4.69, 9.17) is 4.74 Å². The molecule has 1 aromatic carbocycles. The number of benzene rings is 1. The SMILES string of the molecule is CC1(CC2CC2)C[C@H](O)c2ccc(Br)cc2O1. The van der Waals surface area contributed by atoms with E-state index in [0.29, 0.717) is 6.42 Å². The van der Waals surface area contributed by atoms with Crippen molar-refractivity contribution in [2.24, 2.45) is 5.92 Å². The predicted molar refractivity (Wildman–Crippen MR) is 70.1 cm³/mol. The van der Waals surface area contributed by atoms with Gasteiger partial charge in [0.1, 0.15) is 11.4 Å². The molecular formula is C14H17BrO2. The zero-order valence-corrected chi connectivity index (χ0v) is 11.5. The van der Waals surface area contributed by atoms with Crippen LogP contribution in [0, 0.1) is 5.92 Å². The van der Waals surface area contributed by atoms with Crippen molar-refractivity contribution in [1.82, 2.24) is 0 Å². The Kier molecular flexibility index (Phi) is 2.71. The van der Waals surface area contributed by atoms with Crippen LogP contribution < -0.4 is 4.74 Å². The van der Waals surface area contributed by atoms with E-state index in [2.05, 4.69) is 22.9 Å². The number of hydrogen-bond donors (Lipinski definition) is 1. The van der Waals surface area contributed by atoms with Gasteiger partial charge in [0.05, 0.1) is 6.10 Å². The zero-order valence-electron chi connectivity index (χ0n) is 9.95. The van der Waals surface area contributed by atoms with Gasteiger partial charge in [0.25, 0.3) is 0 Å². The van der Waals surface area contributed by atoms with Crippen LogP contribution in [0.5, 0.6) is 5.75 Å². The first kappa shape index (κ1) is 11.5. The Balaban J connectivity index is 1.89. The van der Waals surface area contributed by atoms with E-state index in [-0.39, 0.29) is 5.60 Å². The molecular weight excluding hydrogens is 280 g/mol. The fourth-order valence-corrected chi connectivity index (χ4v) is 3.10. The van der Waals surface area contributed by atoms with Crippen LogP contribution in [0.3, 0.4) is 0 Å². The molecule has 0 aromatic heterocycles. The van der Waals surface area contributed by atoms with Crippen LogP contribution in [0.2, 0.25) is 0 Å². The molecule has 1 saturated carbocycles. The second kappa shape index (κ2) is 3.99. The zero-order chi connectivity index (χ0) is 12.0. The average molecular weight is 297 g/mol. The highest BCUT2D eigenvalue weighted by Gasteiger charge is 2.40. The summed E-state index contributed by atoms with van der Waals surface area (Å²) in [5.41, 5.74) is 0.718. The second-order valence-electron chi connectivity index (χ2n) is 5.60. The molecule has 1 unspecified atom stereocenters. The summed E-state index contributed by atoms with van der Waals surface area (Å²) in [4.78, 5) is 0. The smallest absolute Gasteiger partial charge is 0.127 e. The highest BCUT2D eigenvalue weighted by molar-refractivity contribution is 9.10. The van der Waals surface area contributed by atoms with Crippen LogP contribution in [-0.2, 0) is 0 Å². The third kappa shape index (κ3) is 2.36. The Morgan fingerprint density at radius 3 is 2.94 bits per heavy atom. The molecule has 2 aliphatic rings. The molecule has 0 radical (unpaired) electrons. The van der Waals surface area contributed by atoms with Gasteiger partial charge >= 0.3 is 0 Å². The van der Waals surface area contributed by atoms with E-state index < -0.39 is 6.10 Å². The molecule has 17 heavy (non-hydrogen) atoms. The maximum absolute atomic E-state index is 10.2. The molecule has 1 aromatic rings. The van der Waals surface area contributed by atoms with E-state index in [1.54, 1.807) is 0 Å². The fraction of sp³-hybridized carbons (Fsp3) is 0.571. The summed E-state index contributed by atoms with van der Waals surface area (Å²) in [6.07, 6.45) is 4.02. The molecule has 0 saturated heterocycles. The first-order valence-corrected chi connectivity index (χ1v) is 7.02. The van der Waals surface area contributed by atoms with Crippen molar-refractivity contribution in [3.63, 3.8) is 0 Å². The van der Waals surface area contributed by atoms with E-state index in [1.807, 2.05) is 18.2 Å². The highest BCUT2D eigenvalue weighted by Crippen LogP contribution is 2.46. The summed E-state index contributed by atoms with van der Waals surface area (Å²) in [5, 5.41) is 10.2. The van der Waals surface area contributed by atoms with Crippen molar-refractivity contribution in [2.45, 2.75) is 44.3 Å². The molecule has 3 rings (SSSR count). The lowest BCUT2D eigenvalue weighted by Gasteiger charge is -2.38. The third-order valence-corrected chi connectivity index (χ3v) is 4.23. The van der Waals surface area contributed by atoms with Crippen molar-refractivity contribution in [2.75, 3.05) is 0 Å². The maximum atomic E-state index is 10.2. The summed E-state index contributed by atoms with van der Waals surface area (Å²) >= 11 is 3.45. The van der Waals surface area contributed by atoms with Gasteiger partial charge in [-0.05, 0) is 31.4 Å². The van der Waals surface area contributed by atoms with Crippen LogP contribution >= 0.6 is 15.9 Å². The van der Waals surface area contributed by atoms with Gasteiger partial charge in [-0.3, -0.25) is 0 Å². The van der Waals surface area contributed by atoms with Gasteiger partial charge in [-0.2, -0.15) is 0 Å². The van der Waals surface area contributed by atoms with Gasteiger partial charge in [0, 0.05) is 16.5 Å². The molecule has 1 N–H and O–H groups in total. The normalized spacial score (nSPS) is 31.8. The van der Waals surface area contributed by atoms with E-state index in [0.717, 1.165) is 28.1 Å². The molecule has 1 aliphatic heterocycles. The van der Waals surface area contributed by atoms with Gasteiger partial charge in [0.15, 0.2) is 0 Å². The van der Waals surface area contributed by atoms with E-state index in [1.165, 1.54) is 12.8 Å². The van der Waals surface area contributed by atoms with Crippen molar-refractivity contribution in [3.05, 3.63) is 28.2 Å². The number of hydrogen-bond acceptors (Lipinski definition) is 2. The Bertz CT molecular complexity index is 442. The maximum Gasteiger partial charge on any atom is 0.127 e. The molecule has 0 bridgehead atoms. The first-order chi connectivity index (χ1) is 8.06. The Morgan fingerprint density at radius 2 is 2.24 bits per heavy atom. The molecule has 3 heteroatoms. The van der Waals surface area contributed by atoms with Crippen molar-refractivity contribution >= 4 is 15.9 Å². The third-order valence-electron chi connectivity index (χ3n) is 3.73. The Morgan fingerprint density at radius 1 is 1.47 bits per heavy atom. The Labute approximate surface area is 110 Å². The van der Waals surface area contributed by atoms with Gasteiger partial charge in [-0.1, -0.05) is 34.8 Å². The molecule has 1 aliphatic carbocycles. The predicted octanol–water partition coefficient (Wildman–Crippen LogP) is 3.82. The summed E-state index contributed by atoms with van der Waals surface area (Å²) in [6, 6.07) is 5.86. The van der Waals surface area contributed by atoms with E-state index in [9.17, 15) is 5.11 Å². The lowest BCUT2D eigenvalue weighted by atomic mass is 9.86. The molecule has 2 nitrogen and oxygen atoms in total. The van der Waals surface area contributed by atoms with Gasteiger partial charge in [0.2, 0.25) is 0 Å². The monoisotopic (exact) mass is 296 g/mol. The minimum Gasteiger partial charge on any atom is -0.487 e. The van der Waals surface area contributed by atoms with Crippen LogP contribution in [0.25, 0.3) is 0 Å². The topological polar surface area (TPSA) is 29.5 Å². The second-order valence-corrected chi connectivity index (χ2v) is 6.52. The molecule has 0 spiro atoms. The van der Waals surface area contributed by atoms with Crippen LogP contribution in [0.1, 0.15) is 44.3 Å². The quantitative estimate of drug-likeness (QED) is 0.899. The van der Waals surface area contributed by atoms with Gasteiger partial charge in [-0.25, -0.2) is 0 Å². The van der Waals surface area contributed by atoms with Gasteiger partial charge < -0.3 is 9.84 Å². The van der Waals surface area contributed by atoms with Crippen molar-refractivity contribution < 1.29 is 9.84 Å². The number of halogens is 1. The number of aliphatic hydroxyl groups excluding tert-OH is 1. The fourth-order valence-electron chi connectivity index (χ4n) is 2.76. The Hall–Kier alpha value is -0.540. The summed E-state index contributed by atoms with van der Waals surface area (Å²) < 4.78 is 7.13. The lowest BCUT2D eigenvalue weighted by molar-refractivity contribution is -0.0105. The summed E-state index contributed by atoms with van der Waals surface area (Å²) in [7, 11) is 0. The number of fused-ring (bicyclic) bond motifs is 1.